The maximum atomic E-state index is 12.6. The molecule has 0 bridgehead atoms. The van der Waals surface area contributed by atoms with Crippen LogP contribution in [0.4, 0.5) is 15.4 Å². The third-order valence-corrected chi connectivity index (χ3v) is 3.00. The normalized spacial score (nSPS) is 11.9. The Balaban J connectivity index is 2.44. The molecule has 6 nitrogen and oxygen atoms in total. The SMILES string of the molecule is CC(C)(C)OC(=O)N(C(=O)OC(C)(C)C)c1cc2ccccc2cn1. The highest BCUT2D eigenvalue weighted by atomic mass is 16.6. The van der Waals surface area contributed by atoms with E-state index in [1.165, 1.54) is 0 Å². The van der Waals surface area contributed by atoms with Crippen LogP contribution in [0.3, 0.4) is 0 Å². The van der Waals surface area contributed by atoms with Crippen molar-refractivity contribution in [1.82, 2.24) is 4.98 Å². The van der Waals surface area contributed by atoms with Crippen LogP contribution in [-0.4, -0.2) is 28.4 Å². The fourth-order valence-corrected chi connectivity index (χ4v) is 2.07. The van der Waals surface area contributed by atoms with E-state index in [0.717, 1.165) is 15.7 Å². The summed E-state index contributed by atoms with van der Waals surface area (Å²) < 4.78 is 10.7. The summed E-state index contributed by atoms with van der Waals surface area (Å²) >= 11 is 0. The zero-order valence-corrected chi connectivity index (χ0v) is 15.5. The van der Waals surface area contributed by atoms with Gasteiger partial charge in [0.1, 0.15) is 17.0 Å². The lowest BCUT2D eigenvalue weighted by molar-refractivity contribution is 0.0429. The summed E-state index contributed by atoms with van der Waals surface area (Å²) in [5.41, 5.74) is -1.51. The van der Waals surface area contributed by atoms with Crippen molar-refractivity contribution in [2.75, 3.05) is 4.90 Å². The molecule has 0 aliphatic carbocycles. The minimum absolute atomic E-state index is 0.155. The van der Waals surface area contributed by atoms with Crippen molar-refractivity contribution in [2.24, 2.45) is 0 Å². The number of ether oxygens (including phenoxy) is 2. The van der Waals surface area contributed by atoms with Gasteiger partial charge in [0.05, 0.1) is 0 Å². The van der Waals surface area contributed by atoms with Crippen LogP contribution in [0.15, 0.2) is 36.5 Å². The van der Waals surface area contributed by atoms with Crippen molar-refractivity contribution < 1.29 is 19.1 Å². The highest BCUT2D eigenvalue weighted by molar-refractivity contribution is 6.09. The lowest BCUT2D eigenvalue weighted by Crippen LogP contribution is -2.44. The minimum Gasteiger partial charge on any atom is -0.443 e. The highest BCUT2D eigenvalue weighted by Gasteiger charge is 2.33. The molecule has 1 aromatic heterocycles. The molecule has 0 saturated carbocycles. The summed E-state index contributed by atoms with van der Waals surface area (Å²) in [6, 6.07) is 9.20. The number of hydrogen-bond donors (Lipinski definition) is 0. The molecule has 1 heterocycles. The Labute approximate surface area is 147 Å². The second kappa shape index (κ2) is 6.70. The van der Waals surface area contributed by atoms with Crippen LogP contribution in [0.1, 0.15) is 41.5 Å². The predicted octanol–water partition coefficient (Wildman–Crippen LogP) is 4.91. The molecule has 6 heteroatoms. The van der Waals surface area contributed by atoms with Crippen molar-refractivity contribution in [1.29, 1.82) is 0 Å². The molecular weight excluding hydrogens is 320 g/mol. The van der Waals surface area contributed by atoms with E-state index >= 15 is 0 Å². The number of rotatable bonds is 1. The molecule has 1 aromatic carbocycles. The molecule has 0 atom stereocenters. The molecule has 0 unspecified atom stereocenters. The number of hydrogen-bond acceptors (Lipinski definition) is 5. The average molecular weight is 344 g/mol. The number of amides is 2. The second-order valence-electron chi connectivity index (χ2n) is 7.69. The van der Waals surface area contributed by atoms with Gasteiger partial charge in [-0.2, -0.15) is 4.90 Å². The van der Waals surface area contributed by atoms with Gasteiger partial charge in [-0.05, 0) is 53.0 Å². The van der Waals surface area contributed by atoms with E-state index < -0.39 is 23.4 Å². The molecular formula is C19H24N2O4. The van der Waals surface area contributed by atoms with E-state index in [2.05, 4.69) is 4.98 Å². The minimum atomic E-state index is -0.829. The van der Waals surface area contributed by atoms with Crippen molar-refractivity contribution in [3.8, 4) is 0 Å². The third kappa shape index (κ3) is 5.17. The van der Waals surface area contributed by atoms with Crippen LogP contribution in [0.5, 0.6) is 0 Å². The van der Waals surface area contributed by atoms with Gasteiger partial charge < -0.3 is 9.47 Å². The van der Waals surface area contributed by atoms with Crippen LogP contribution < -0.4 is 4.90 Å². The predicted molar refractivity (Wildman–Crippen MR) is 96.7 cm³/mol. The Hall–Kier alpha value is -2.63. The molecule has 25 heavy (non-hydrogen) atoms. The zero-order chi connectivity index (χ0) is 18.8. The smallest absolute Gasteiger partial charge is 0.425 e. The van der Waals surface area contributed by atoms with E-state index in [1.807, 2.05) is 24.3 Å². The average Bonchev–Trinajstić information content (AvgIpc) is 2.43. The number of nitrogens with zero attached hydrogens (tertiary/aromatic N) is 2. The molecule has 0 aliphatic rings. The molecule has 0 fully saturated rings. The molecule has 134 valence electrons. The number of aromatic nitrogens is 1. The first-order chi connectivity index (χ1) is 11.5. The Bertz CT molecular complexity index is 760. The van der Waals surface area contributed by atoms with Gasteiger partial charge in [0.2, 0.25) is 0 Å². The van der Waals surface area contributed by atoms with Crippen LogP contribution in [0.25, 0.3) is 10.8 Å². The molecule has 0 spiro atoms. The Morgan fingerprint density at radius 3 is 1.84 bits per heavy atom. The first kappa shape index (κ1) is 18.7. The summed E-state index contributed by atoms with van der Waals surface area (Å²) in [5.74, 6) is 0.155. The van der Waals surface area contributed by atoms with Gasteiger partial charge in [-0.15, -0.1) is 0 Å². The molecule has 0 N–H and O–H groups in total. The van der Waals surface area contributed by atoms with Crippen molar-refractivity contribution >= 4 is 28.8 Å². The first-order valence-electron chi connectivity index (χ1n) is 8.07. The van der Waals surface area contributed by atoms with Crippen LogP contribution in [-0.2, 0) is 9.47 Å². The largest absolute Gasteiger partial charge is 0.443 e. The van der Waals surface area contributed by atoms with Crippen molar-refractivity contribution in [3.63, 3.8) is 0 Å². The molecule has 2 amide bonds. The van der Waals surface area contributed by atoms with Crippen molar-refractivity contribution in [2.45, 2.75) is 52.7 Å². The summed E-state index contributed by atoms with van der Waals surface area (Å²) in [5, 5.41) is 1.75. The standard InChI is InChI=1S/C19H24N2O4/c1-18(2,3)24-16(22)21(17(23)25-19(4,5)6)15-11-13-9-7-8-10-14(13)12-20-15/h7-12H,1-6H3. The number of anilines is 1. The zero-order valence-electron chi connectivity index (χ0n) is 15.5. The van der Waals surface area contributed by atoms with Gasteiger partial charge in [0, 0.05) is 11.6 Å². The Morgan fingerprint density at radius 1 is 0.880 bits per heavy atom. The quantitative estimate of drug-likeness (QED) is 0.735. The lowest BCUT2D eigenvalue weighted by Gasteiger charge is -2.28. The summed E-state index contributed by atoms with van der Waals surface area (Å²) in [4.78, 5) is 30.2. The van der Waals surface area contributed by atoms with E-state index in [0.29, 0.717) is 0 Å². The number of fused-ring (bicyclic) bond motifs is 1. The number of benzene rings is 1. The van der Waals surface area contributed by atoms with Gasteiger partial charge in [0.15, 0.2) is 0 Å². The Kier molecular flexibility index (Phi) is 5.02. The summed E-state index contributed by atoms with van der Waals surface area (Å²) in [6.45, 7) is 10.4. The van der Waals surface area contributed by atoms with E-state index in [1.54, 1.807) is 53.8 Å². The van der Waals surface area contributed by atoms with Crippen LogP contribution in [0.2, 0.25) is 0 Å². The van der Waals surface area contributed by atoms with Crippen LogP contribution >= 0.6 is 0 Å². The maximum Gasteiger partial charge on any atom is 0.425 e. The van der Waals surface area contributed by atoms with Gasteiger partial charge in [-0.1, -0.05) is 24.3 Å². The monoisotopic (exact) mass is 344 g/mol. The maximum absolute atomic E-state index is 12.6. The topological polar surface area (TPSA) is 68.7 Å². The third-order valence-electron chi connectivity index (χ3n) is 3.00. The molecule has 2 aromatic rings. The molecule has 0 aliphatic heterocycles. The van der Waals surface area contributed by atoms with Gasteiger partial charge in [-0.3, -0.25) is 0 Å². The lowest BCUT2D eigenvalue weighted by atomic mass is 10.2. The number of imide groups is 1. The highest BCUT2D eigenvalue weighted by Crippen LogP contribution is 2.23. The van der Waals surface area contributed by atoms with Crippen molar-refractivity contribution in [3.05, 3.63) is 36.5 Å². The molecule has 0 radical (unpaired) electrons. The van der Waals surface area contributed by atoms with E-state index in [4.69, 9.17) is 9.47 Å². The Morgan fingerprint density at radius 2 is 1.36 bits per heavy atom. The van der Waals surface area contributed by atoms with Gasteiger partial charge >= 0.3 is 12.2 Å². The molecule has 2 rings (SSSR count). The first-order valence-corrected chi connectivity index (χ1v) is 8.07. The second-order valence-corrected chi connectivity index (χ2v) is 7.69. The number of pyridine rings is 1. The fraction of sp³-hybridized carbons (Fsp3) is 0.421. The van der Waals surface area contributed by atoms with Gasteiger partial charge in [-0.25, -0.2) is 14.6 Å². The number of carbonyl (C=O) groups excluding carboxylic acids is 2. The van der Waals surface area contributed by atoms with E-state index in [-0.39, 0.29) is 5.82 Å². The van der Waals surface area contributed by atoms with Gasteiger partial charge in [0.25, 0.3) is 0 Å². The number of carbonyl (C=O) groups is 2. The molecule has 0 saturated heterocycles. The van der Waals surface area contributed by atoms with Crippen LogP contribution in [0, 0.1) is 0 Å². The fourth-order valence-electron chi connectivity index (χ4n) is 2.07. The summed E-state index contributed by atoms with van der Waals surface area (Å²) in [6.07, 6.45) is -0.0547. The summed E-state index contributed by atoms with van der Waals surface area (Å²) in [7, 11) is 0. The van der Waals surface area contributed by atoms with E-state index in [9.17, 15) is 9.59 Å².